The zero-order valence-corrected chi connectivity index (χ0v) is 15.9. The van der Waals surface area contributed by atoms with Crippen LogP contribution in [0.15, 0.2) is 17.1 Å². The second-order valence-corrected chi connectivity index (χ2v) is 6.93. The van der Waals surface area contributed by atoms with Gasteiger partial charge in [-0.1, -0.05) is 25.4 Å². The number of hydrogen-bond acceptors (Lipinski definition) is 4. The Labute approximate surface area is 148 Å². The van der Waals surface area contributed by atoms with Gasteiger partial charge in [0.25, 0.3) is 0 Å². The monoisotopic (exact) mass is 360 g/mol. The van der Waals surface area contributed by atoms with Gasteiger partial charge >= 0.3 is 0 Å². The Bertz CT molecular complexity index is 463. The van der Waals surface area contributed by atoms with Gasteiger partial charge in [-0.15, -0.1) is 11.3 Å². The number of nitrogens with zero attached hydrogens (tertiary/aromatic N) is 2. The molecule has 7 heteroatoms. The lowest BCUT2D eigenvalue weighted by atomic mass is 10.3. The van der Waals surface area contributed by atoms with Crippen LogP contribution in [0, 0.1) is 0 Å². The van der Waals surface area contributed by atoms with Gasteiger partial charge in [0, 0.05) is 18.0 Å². The molecule has 0 bridgehead atoms. The molecule has 1 heterocycles. The molecule has 0 aromatic carbocycles. The molecule has 3 N–H and O–H groups in total. The van der Waals surface area contributed by atoms with Crippen LogP contribution in [-0.2, 0) is 0 Å². The lowest BCUT2D eigenvalue weighted by Crippen LogP contribution is -2.39. The molecule has 0 spiro atoms. The molecule has 0 aliphatic rings. The second-order valence-electron chi connectivity index (χ2n) is 5.18. The van der Waals surface area contributed by atoms with Crippen molar-refractivity contribution in [1.29, 1.82) is 0 Å². The van der Waals surface area contributed by atoms with Crippen molar-refractivity contribution in [1.82, 2.24) is 15.5 Å². The van der Waals surface area contributed by atoms with Crippen molar-refractivity contribution in [3.63, 3.8) is 0 Å². The fourth-order valence-electron chi connectivity index (χ4n) is 2.17. The van der Waals surface area contributed by atoms with E-state index in [0.29, 0.717) is 10.9 Å². The molecule has 0 amide bonds. The summed E-state index contributed by atoms with van der Waals surface area (Å²) in [5.41, 5.74) is 0. The fourth-order valence-corrected chi connectivity index (χ4v) is 3.20. The number of nitrogens with one attached hydrogen (secondary N) is 2. The Kier molecular flexibility index (Phi) is 10.3. The standard InChI is InChI=1S/C16H29ClN4OS/c1-4-18-16(19-10-7-11-21(5-2)6-3)20-12-13(22)14-8-9-15(17)23-14/h8-9,13,22H,4-7,10-12H2,1-3H3,(H2,18,19,20). The Morgan fingerprint density at radius 3 is 2.61 bits per heavy atom. The summed E-state index contributed by atoms with van der Waals surface area (Å²) in [5.74, 6) is 0.744. The zero-order chi connectivity index (χ0) is 17.1. The molecule has 132 valence electrons. The highest BCUT2D eigenvalue weighted by atomic mass is 35.5. The highest BCUT2D eigenvalue weighted by molar-refractivity contribution is 7.16. The van der Waals surface area contributed by atoms with Crippen LogP contribution in [0.2, 0.25) is 4.34 Å². The third-order valence-electron chi connectivity index (χ3n) is 3.53. The number of aliphatic hydroxyl groups is 1. The molecule has 0 fully saturated rings. The van der Waals surface area contributed by atoms with Crippen LogP contribution >= 0.6 is 22.9 Å². The largest absolute Gasteiger partial charge is 0.386 e. The lowest BCUT2D eigenvalue weighted by molar-refractivity contribution is 0.191. The first kappa shape index (κ1) is 20.2. The van der Waals surface area contributed by atoms with Crippen molar-refractivity contribution in [3.05, 3.63) is 21.3 Å². The van der Waals surface area contributed by atoms with E-state index in [2.05, 4.69) is 34.4 Å². The van der Waals surface area contributed by atoms with Crippen LogP contribution in [0.3, 0.4) is 0 Å². The number of halogens is 1. The minimum absolute atomic E-state index is 0.322. The van der Waals surface area contributed by atoms with Crippen LogP contribution < -0.4 is 10.6 Å². The predicted molar refractivity (Wildman–Crippen MR) is 101 cm³/mol. The normalized spacial score (nSPS) is 13.4. The number of aliphatic imine (C=N–C) groups is 1. The number of rotatable bonds is 10. The van der Waals surface area contributed by atoms with Crippen LogP contribution in [0.1, 0.15) is 38.2 Å². The Morgan fingerprint density at radius 1 is 1.30 bits per heavy atom. The smallest absolute Gasteiger partial charge is 0.191 e. The molecule has 1 aromatic heterocycles. The number of guanidine groups is 1. The van der Waals surface area contributed by atoms with Gasteiger partial charge in [0.1, 0.15) is 6.10 Å². The molecule has 1 atom stereocenters. The molecule has 23 heavy (non-hydrogen) atoms. The molecular formula is C16H29ClN4OS. The zero-order valence-electron chi connectivity index (χ0n) is 14.3. The SMILES string of the molecule is CCNC(=NCC(O)c1ccc(Cl)s1)NCCCN(CC)CC. The minimum Gasteiger partial charge on any atom is -0.386 e. The van der Waals surface area contributed by atoms with Crippen molar-refractivity contribution in [2.45, 2.75) is 33.3 Å². The molecule has 5 nitrogen and oxygen atoms in total. The van der Waals surface area contributed by atoms with Gasteiger partial charge < -0.3 is 20.6 Å². The summed E-state index contributed by atoms with van der Waals surface area (Å²) in [6.07, 6.45) is 0.452. The predicted octanol–water partition coefficient (Wildman–Crippen LogP) is 2.72. The maximum atomic E-state index is 10.1. The van der Waals surface area contributed by atoms with Crippen LogP contribution in [0.4, 0.5) is 0 Å². The van der Waals surface area contributed by atoms with Gasteiger partial charge in [0.15, 0.2) is 5.96 Å². The van der Waals surface area contributed by atoms with Crippen molar-refractivity contribution in [2.24, 2.45) is 4.99 Å². The highest BCUT2D eigenvalue weighted by Crippen LogP contribution is 2.26. The van der Waals surface area contributed by atoms with Crippen molar-refractivity contribution in [3.8, 4) is 0 Å². The highest BCUT2D eigenvalue weighted by Gasteiger charge is 2.10. The van der Waals surface area contributed by atoms with E-state index in [4.69, 9.17) is 11.6 Å². The van der Waals surface area contributed by atoms with E-state index in [1.807, 2.05) is 13.0 Å². The minimum atomic E-state index is -0.612. The molecule has 0 aliphatic carbocycles. The van der Waals surface area contributed by atoms with Gasteiger partial charge in [-0.3, -0.25) is 4.99 Å². The number of thiophene rings is 1. The summed E-state index contributed by atoms with van der Waals surface area (Å²) in [5, 5.41) is 16.7. The fraction of sp³-hybridized carbons (Fsp3) is 0.688. The van der Waals surface area contributed by atoms with E-state index in [9.17, 15) is 5.11 Å². The van der Waals surface area contributed by atoms with E-state index < -0.39 is 6.10 Å². The van der Waals surface area contributed by atoms with Gasteiger partial charge in [0.2, 0.25) is 0 Å². The Balaban J connectivity index is 2.40. The summed E-state index contributed by atoms with van der Waals surface area (Å²) in [7, 11) is 0. The maximum Gasteiger partial charge on any atom is 0.191 e. The van der Waals surface area contributed by atoms with Crippen LogP contribution in [-0.4, -0.2) is 55.2 Å². The van der Waals surface area contributed by atoms with E-state index in [1.54, 1.807) is 6.07 Å². The summed E-state index contributed by atoms with van der Waals surface area (Å²) < 4.78 is 0.685. The number of aliphatic hydroxyl groups excluding tert-OH is 1. The first-order chi connectivity index (χ1) is 11.1. The topological polar surface area (TPSA) is 59.9 Å². The third kappa shape index (κ3) is 8.01. The van der Waals surface area contributed by atoms with Gasteiger partial charge in [-0.05, 0) is 45.1 Å². The molecule has 1 aromatic rings. The summed E-state index contributed by atoms with van der Waals surface area (Å²) >= 11 is 7.28. The Morgan fingerprint density at radius 2 is 2.04 bits per heavy atom. The molecule has 1 unspecified atom stereocenters. The van der Waals surface area contributed by atoms with Crippen molar-refractivity contribution < 1.29 is 5.11 Å². The molecule has 0 saturated heterocycles. The quantitative estimate of drug-likeness (QED) is 0.341. The van der Waals surface area contributed by atoms with Crippen molar-refractivity contribution in [2.75, 3.05) is 39.3 Å². The molecule has 1 rings (SSSR count). The molecule has 0 saturated carbocycles. The van der Waals surface area contributed by atoms with E-state index >= 15 is 0 Å². The van der Waals surface area contributed by atoms with Gasteiger partial charge in [-0.2, -0.15) is 0 Å². The lowest BCUT2D eigenvalue weighted by Gasteiger charge is -2.18. The Hall–Kier alpha value is -0.820. The van der Waals surface area contributed by atoms with E-state index in [0.717, 1.165) is 50.0 Å². The summed E-state index contributed by atoms with van der Waals surface area (Å²) in [4.78, 5) is 7.69. The average Bonchev–Trinajstić information content (AvgIpc) is 2.99. The average molecular weight is 361 g/mol. The number of hydrogen-bond donors (Lipinski definition) is 3. The first-order valence-corrected chi connectivity index (χ1v) is 9.47. The van der Waals surface area contributed by atoms with E-state index in [1.165, 1.54) is 11.3 Å². The first-order valence-electron chi connectivity index (χ1n) is 8.28. The molecular weight excluding hydrogens is 332 g/mol. The molecule has 0 aliphatic heterocycles. The van der Waals surface area contributed by atoms with Crippen molar-refractivity contribution >= 4 is 28.9 Å². The summed E-state index contributed by atoms with van der Waals surface area (Å²) in [6.45, 7) is 11.6. The van der Waals surface area contributed by atoms with Crippen LogP contribution in [0.5, 0.6) is 0 Å². The molecule has 0 radical (unpaired) electrons. The van der Waals surface area contributed by atoms with Gasteiger partial charge in [0.05, 0.1) is 10.9 Å². The third-order valence-corrected chi connectivity index (χ3v) is 4.86. The maximum absolute atomic E-state index is 10.1. The summed E-state index contributed by atoms with van der Waals surface area (Å²) in [6, 6.07) is 3.64. The second kappa shape index (κ2) is 11.7. The van der Waals surface area contributed by atoms with Crippen LogP contribution in [0.25, 0.3) is 0 Å². The van der Waals surface area contributed by atoms with E-state index in [-0.39, 0.29) is 0 Å². The van der Waals surface area contributed by atoms with Gasteiger partial charge in [-0.25, -0.2) is 0 Å².